The molecule has 2 aromatic rings. The summed E-state index contributed by atoms with van der Waals surface area (Å²) in [5.41, 5.74) is 2.53. The summed E-state index contributed by atoms with van der Waals surface area (Å²) >= 11 is 6.11. The molecule has 0 bridgehead atoms. The highest BCUT2D eigenvalue weighted by Gasteiger charge is 2.21. The molecule has 0 spiro atoms. The lowest BCUT2D eigenvalue weighted by atomic mass is 10.2. The molecule has 0 radical (unpaired) electrons. The first-order valence-electron chi connectivity index (χ1n) is 7.06. The van der Waals surface area contributed by atoms with Crippen molar-refractivity contribution in [1.82, 2.24) is 24.6 Å². The number of aryl methyl sites for hydroxylation is 1. The van der Waals surface area contributed by atoms with Gasteiger partial charge in [-0.25, -0.2) is 9.97 Å². The van der Waals surface area contributed by atoms with Crippen molar-refractivity contribution in [3.8, 4) is 0 Å². The fraction of sp³-hybridized carbons (Fsp3) is 0.500. The monoisotopic (exact) mass is 342 g/mol. The molecule has 1 saturated heterocycles. The number of halogens is 2. The summed E-state index contributed by atoms with van der Waals surface area (Å²) in [4.78, 5) is 13.1. The molecule has 3 heterocycles. The zero-order valence-corrected chi connectivity index (χ0v) is 14.3. The highest BCUT2D eigenvalue weighted by Crippen LogP contribution is 2.21. The normalized spacial score (nSPS) is 15.7. The molecule has 0 aliphatic carbocycles. The summed E-state index contributed by atoms with van der Waals surface area (Å²) in [6.07, 6.45) is 5.26. The molecule has 3 rings (SSSR count). The lowest BCUT2D eigenvalue weighted by Crippen LogP contribution is -2.46. The van der Waals surface area contributed by atoms with Gasteiger partial charge in [0, 0.05) is 63.4 Å². The third-order valence-corrected chi connectivity index (χ3v) is 4.31. The number of hydrogen-bond acceptors (Lipinski definition) is 5. The molecule has 0 atom stereocenters. The second-order valence-electron chi connectivity index (χ2n) is 5.31. The first-order chi connectivity index (χ1) is 10.1. The predicted molar refractivity (Wildman–Crippen MR) is 89.7 cm³/mol. The van der Waals surface area contributed by atoms with Crippen molar-refractivity contribution >= 4 is 29.8 Å². The Bertz CT molecular complexity index is 622. The number of rotatable bonds is 3. The van der Waals surface area contributed by atoms with Crippen LogP contribution in [0.25, 0.3) is 0 Å². The predicted octanol–water partition coefficient (Wildman–Crippen LogP) is 1.92. The summed E-state index contributed by atoms with van der Waals surface area (Å²) in [5.74, 6) is 0.788. The maximum Gasteiger partial charge on any atom is 0.171 e. The van der Waals surface area contributed by atoms with E-state index in [0.29, 0.717) is 5.15 Å². The van der Waals surface area contributed by atoms with Crippen LogP contribution >= 0.6 is 24.0 Å². The van der Waals surface area contributed by atoms with E-state index in [1.807, 2.05) is 17.9 Å². The van der Waals surface area contributed by atoms with E-state index >= 15 is 0 Å². The molecule has 0 amide bonds. The van der Waals surface area contributed by atoms with E-state index in [9.17, 15) is 0 Å². The van der Waals surface area contributed by atoms with Gasteiger partial charge >= 0.3 is 0 Å². The molecular weight excluding hydrogens is 323 g/mol. The Balaban J connectivity index is 0.00000176. The minimum atomic E-state index is 0. The standard InChI is InChI=1S/C14H19ClN6.ClH/c1-11-12(9-18-19(11)2)10-20-5-7-21(8-6-20)14-13(15)16-3-4-17-14;/h3-4,9H,5-8,10H2,1-2H3;1H. The minimum Gasteiger partial charge on any atom is -0.351 e. The second kappa shape index (κ2) is 7.26. The van der Waals surface area contributed by atoms with E-state index in [2.05, 4.69) is 31.8 Å². The fourth-order valence-electron chi connectivity index (χ4n) is 2.58. The Labute approximate surface area is 141 Å². The molecule has 2 aromatic heterocycles. The maximum atomic E-state index is 6.11. The lowest BCUT2D eigenvalue weighted by Gasteiger charge is -2.35. The van der Waals surface area contributed by atoms with Gasteiger partial charge in [-0.3, -0.25) is 9.58 Å². The second-order valence-corrected chi connectivity index (χ2v) is 5.67. The van der Waals surface area contributed by atoms with Crippen LogP contribution in [-0.2, 0) is 13.6 Å². The molecule has 0 N–H and O–H groups in total. The Morgan fingerprint density at radius 1 is 1.14 bits per heavy atom. The van der Waals surface area contributed by atoms with E-state index < -0.39 is 0 Å². The van der Waals surface area contributed by atoms with E-state index in [1.54, 1.807) is 12.4 Å². The summed E-state index contributed by atoms with van der Waals surface area (Å²) in [7, 11) is 1.98. The van der Waals surface area contributed by atoms with Crippen molar-refractivity contribution in [3.63, 3.8) is 0 Å². The third-order valence-electron chi connectivity index (χ3n) is 4.04. The SMILES string of the molecule is Cc1c(CN2CCN(c3nccnc3Cl)CC2)cnn1C.Cl. The van der Waals surface area contributed by atoms with Crippen LogP contribution in [-0.4, -0.2) is 50.8 Å². The summed E-state index contributed by atoms with van der Waals surface area (Å²) in [6.45, 7) is 6.86. The molecule has 1 aliphatic heterocycles. The third kappa shape index (κ3) is 3.51. The Hall–Kier alpha value is -1.37. The first-order valence-corrected chi connectivity index (χ1v) is 7.44. The Kier molecular flexibility index (Phi) is 5.61. The van der Waals surface area contributed by atoms with Crippen molar-refractivity contribution in [1.29, 1.82) is 0 Å². The molecule has 0 aromatic carbocycles. The van der Waals surface area contributed by atoms with Gasteiger partial charge in [-0.1, -0.05) is 11.6 Å². The van der Waals surface area contributed by atoms with Gasteiger partial charge in [0.1, 0.15) is 0 Å². The van der Waals surface area contributed by atoms with Crippen LogP contribution in [0.15, 0.2) is 18.6 Å². The maximum absolute atomic E-state index is 6.11. The average molecular weight is 343 g/mol. The zero-order chi connectivity index (χ0) is 14.8. The number of hydrogen-bond donors (Lipinski definition) is 0. The summed E-state index contributed by atoms with van der Waals surface area (Å²) < 4.78 is 1.92. The van der Waals surface area contributed by atoms with Gasteiger partial charge in [0.15, 0.2) is 11.0 Å². The largest absolute Gasteiger partial charge is 0.351 e. The van der Waals surface area contributed by atoms with Crippen LogP contribution in [0, 0.1) is 6.92 Å². The molecule has 22 heavy (non-hydrogen) atoms. The molecule has 120 valence electrons. The first kappa shape index (κ1) is 17.0. The van der Waals surface area contributed by atoms with Gasteiger partial charge in [-0.15, -0.1) is 12.4 Å². The van der Waals surface area contributed by atoms with Crippen LogP contribution in [0.5, 0.6) is 0 Å². The van der Waals surface area contributed by atoms with Gasteiger partial charge in [0.2, 0.25) is 0 Å². The topological polar surface area (TPSA) is 50.1 Å². The Morgan fingerprint density at radius 2 is 1.82 bits per heavy atom. The highest BCUT2D eigenvalue weighted by molar-refractivity contribution is 6.31. The number of aromatic nitrogens is 4. The van der Waals surface area contributed by atoms with Crippen molar-refractivity contribution in [3.05, 3.63) is 35.0 Å². The molecule has 1 aliphatic rings. The van der Waals surface area contributed by atoms with Gasteiger partial charge in [-0.05, 0) is 6.92 Å². The molecule has 8 heteroatoms. The van der Waals surface area contributed by atoms with Crippen molar-refractivity contribution in [2.24, 2.45) is 7.05 Å². The van der Waals surface area contributed by atoms with Crippen molar-refractivity contribution in [2.75, 3.05) is 31.1 Å². The molecule has 0 unspecified atom stereocenters. The van der Waals surface area contributed by atoms with Crippen LogP contribution in [0.2, 0.25) is 5.15 Å². The molecule has 6 nitrogen and oxygen atoms in total. The van der Waals surface area contributed by atoms with Crippen molar-refractivity contribution < 1.29 is 0 Å². The molecular formula is C14H20Cl2N6. The van der Waals surface area contributed by atoms with Crippen LogP contribution in [0.4, 0.5) is 5.82 Å². The zero-order valence-electron chi connectivity index (χ0n) is 12.7. The van der Waals surface area contributed by atoms with Gasteiger partial charge < -0.3 is 4.90 Å². The van der Waals surface area contributed by atoms with E-state index in [-0.39, 0.29) is 12.4 Å². The average Bonchev–Trinajstić information content (AvgIpc) is 2.81. The Morgan fingerprint density at radius 3 is 2.41 bits per heavy atom. The van der Waals surface area contributed by atoms with E-state index in [1.165, 1.54) is 11.3 Å². The molecule has 0 saturated carbocycles. The minimum absolute atomic E-state index is 0. The van der Waals surface area contributed by atoms with Gasteiger partial charge in [-0.2, -0.15) is 5.10 Å². The van der Waals surface area contributed by atoms with E-state index in [0.717, 1.165) is 38.5 Å². The summed E-state index contributed by atoms with van der Waals surface area (Å²) in [6, 6.07) is 0. The fourth-order valence-corrected chi connectivity index (χ4v) is 2.81. The van der Waals surface area contributed by atoms with Gasteiger partial charge in [0.25, 0.3) is 0 Å². The number of nitrogens with zero attached hydrogens (tertiary/aromatic N) is 6. The van der Waals surface area contributed by atoms with Crippen molar-refractivity contribution in [2.45, 2.75) is 13.5 Å². The number of piperazine rings is 1. The lowest BCUT2D eigenvalue weighted by molar-refractivity contribution is 0.248. The highest BCUT2D eigenvalue weighted by atomic mass is 35.5. The summed E-state index contributed by atoms with van der Waals surface area (Å²) in [5, 5.41) is 4.78. The molecule has 1 fully saturated rings. The number of anilines is 1. The quantitative estimate of drug-likeness (QED) is 0.852. The van der Waals surface area contributed by atoms with Crippen LogP contribution < -0.4 is 4.90 Å². The van der Waals surface area contributed by atoms with Crippen LogP contribution in [0.3, 0.4) is 0 Å². The van der Waals surface area contributed by atoms with E-state index in [4.69, 9.17) is 11.6 Å². The smallest absolute Gasteiger partial charge is 0.171 e. The van der Waals surface area contributed by atoms with Crippen LogP contribution in [0.1, 0.15) is 11.3 Å². The van der Waals surface area contributed by atoms with Gasteiger partial charge in [0.05, 0.1) is 6.20 Å².